The third-order valence-corrected chi connectivity index (χ3v) is 4.80. The standard InChI is InChI=1S/C13H14N4O2S/c1-8-7-16-12(17-11(8)14)9-3-2-6-15-10(9)13(4-5-13)20(18)19/h2-3,6-7H,4-5H2,1H3,(H,18,19)(H2,14,16,17). The van der Waals surface area contributed by atoms with Crippen molar-refractivity contribution in [2.45, 2.75) is 24.5 Å². The molecule has 1 saturated carbocycles. The number of hydrogen-bond donors (Lipinski definition) is 2. The molecule has 3 rings (SSSR count). The highest BCUT2D eigenvalue weighted by atomic mass is 32.2. The zero-order valence-corrected chi connectivity index (χ0v) is 11.7. The topological polar surface area (TPSA) is 102 Å². The number of nitrogens with zero attached hydrogens (tertiary/aromatic N) is 3. The molecule has 0 amide bonds. The molecule has 7 heteroatoms. The maximum atomic E-state index is 11.6. The van der Waals surface area contributed by atoms with Crippen LogP contribution in [0.25, 0.3) is 11.4 Å². The monoisotopic (exact) mass is 290 g/mol. The minimum Gasteiger partial charge on any atom is -0.383 e. The highest BCUT2D eigenvalue weighted by Crippen LogP contribution is 2.51. The van der Waals surface area contributed by atoms with Crippen LogP contribution in [0.3, 0.4) is 0 Å². The summed E-state index contributed by atoms with van der Waals surface area (Å²) in [5.41, 5.74) is 7.85. The Morgan fingerprint density at radius 3 is 2.75 bits per heavy atom. The molecule has 0 aromatic carbocycles. The lowest BCUT2D eigenvalue weighted by Gasteiger charge is -2.14. The number of anilines is 1. The molecule has 1 fully saturated rings. The van der Waals surface area contributed by atoms with E-state index in [1.54, 1.807) is 24.5 Å². The van der Waals surface area contributed by atoms with Gasteiger partial charge in [0.15, 0.2) is 16.9 Å². The number of aryl methyl sites for hydroxylation is 1. The number of rotatable bonds is 3. The van der Waals surface area contributed by atoms with Gasteiger partial charge in [-0.15, -0.1) is 0 Å². The maximum Gasteiger partial charge on any atom is 0.165 e. The molecule has 2 aromatic heterocycles. The van der Waals surface area contributed by atoms with E-state index in [-0.39, 0.29) is 0 Å². The van der Waals surface area contributed by atoms with Gasteiger partial charge in [0.2, 0.25) is 0 Å². The largest absolute Gasteiger partial charge is 0.383 e. The number of nitrogens with two attached hydrogens (primary N) is 1. The average Bonchev–Trinajstić information content (AvgIpc) is 3.23. The zero-order valence-electron chi connectivity index (χ0n) is 10.9. The molecule has 0 saturated heterocycles. The Morgan fingerprint density at radius 1 is 1.40 bits per heavy atom. The Bertz CT molecular complexity index is 701. The Morgan fingerprint density at radius 2 is 2.15 bits per heavy atom. The molecule has 0 radical (unpaired) electrons. The van der Waals surface area contributed by atoms with Crippen LogP contribution in [0.2, 0.25) is 0 Å². The Labute approximate surface area is 118 Å². The van der Waals surface area contributed by atoms with Crippen molar-refractivity contribution in [2.75, 3.05) is 5.73 Å². The fourth-order valence-corrected chi connectivity index (χ4v) is 2.92. The van der Waals surface area contributed by atoms with Crippen LogP contribution in [0.4, 0.5) is 5.82 Å². The van der Waals surface area contributed by atoms with E-state index in [4.69, 9.17) is 5.73 Å². The smallest absolute Gasteiger partial charge is 0.165 e. The van der Waals surface area contributed by atoms with Gasteiger partial charge in [-0.25, -0.2) is 14.2 Å². The number of nitrogen functional groups attached to an aromatic ring is 1. The van der Waals surface area contributed by atoms with Gasteiger partial charge >= 0.3 is 0 Å². The van der Waals surface area contributed by atoms with E-state index in [0.717, 1.165) is 5.56 Å². The van der Waals surface area contributed by atoms with Crippen molar-refractivity contribution in [1.82, 2.24) is 15.0 Å². The molecule has 1 aliphatic rings. The Balaban J connectivity index is 2.15. The summed E-state index contributed by atoms with van der Waals surface area (Å²) in [6, 6.07) is 3.56. The Hall–Kier alpha value is -1.86. The minimum atomic E-state index is -1.96. The molecule has 3 N–H and O–H groups in total. The summed E-state index contributed by atoms with van der Waals surface area (Å²) in [6.07, 6.45) is 4.54. The fourth-order valence-electron chi connectivity index (χ4n) is 2.14. The van der Waals surface area contributed by atoms with Crippen molar-refractivity contribution in [3.05, 3.63) is 35.8 Å². The molecular weight excluding hydrogens is 276 g/mol. The summed E-state index contributed by atoms with van der Waals surface area (Å²) < 4.78 is 20.3. The van der Waals surface area contributed by atoms with Gasteiger partial charge in [-0.05, 0) is 31.9 Å². The van der Waals surface area contributed by atoms with Gasteiger partial charge in [-0.1, -0.05) is 0 Å². The molecule has 1 atom stereocenters. The lowest BCUT2D eigenvalue weighted by Crippen LogP contribution is -2.17. The quantitative estimate of drug-likeness (QED) is 0.833. The minimum absolute atomic E-state index is 0.403. The van der Waals surface area contributed by atoms with Crippen molar-refractivity contribution in [3.63, 3.8) is 0 Å². The normalized spacial score (nSPS) is 17.7. The zero-order chi connectivity index (χ0) is 14.3. The molecule has 6 nitrogen and oxygen atoms in total. The van der Waals surface area contributed by atoms with Gasteiger partial charge in [0, 0.05) is 23.5 Å². The second-order valence-corrected chi connectivity index (χ2v) is 6.18. The third-order valence-electron chi connectivity index (χ3n) is 3.53. The van der Waals surface area contributed by atoms with E-state index < -0.39 is 15.8 Å². The van der Waals surface area contributed by atoms with Gasteiger partial charge in [-0.2, -0.15) is 0 Å². The van der Waals surface area contributed by atoms with Crippen LogP contribution >= 0.6 is 0 Å². The van der Waals surface area contributed by atoms with Gasteiger partial charge in [0.25, 0.3) is 0 Å². The van der Waals surface area contributed by atoms with Crippen molar-refractivity contribution in [3.8, 4) is 11.4 Å². The molecule has 0 spiro atoms. The molecule has 0 bridgehead atoms. The summed E-state index contributed by atoms with van der Waals surface area (Å²) in [6.45, 7) is 1.83. The predicted octanol–water partition coefficient (Wildman–Crippen LogP) is 1.64. The summed E-state index contributed by atoms with van der Waals surface area (Å²) >= 11 is -1.96. The maximum absolute atomic E-state index is 11.6. The molecule has 2 heterocycles. The first-order valence-electron chi connectivity index (χ1n) is 6.20. The lowest BCUT2D eigenvalue weighted by atomic mass is 10.1. The first kappa shape index (κ1) is 13.1. The van der Waals surface area contributed by atoms with E-state index in [9.17, 15) is 8.76 Å². The summed E-state index contributed by atoms with van der Waals surface area (Å²) in [5, 5.41) is 0. The van der Waals surface area contributed by atoms with Crippen LogP contribution in [0.15, 0.2) is 24.5 Å². The number of pyridine rings is 1. The molecule has 0 aliphatic heterocycles. The summed E-state index contributed by atoms with van der Waals surface area (Å²) in [7, 11) is 0. The Kier molecular flexibility index (Phi) is 3.02. The second kappa shape index (κ2) is 4.60. The molecule has 20 heavy (non-hydrogen) atoms. The van der Waals surface area contributed by atoms with Gasteiger partial charge in [0.05, 0.1) is 5.69 Å². The molecule has 2 aromatic rings. The van der Waals surface area contributed by atoms with Gasteiger partial charge < -0.3 is 10.3 Å². The third kappa shape index (κ3) is 1.99. The number of hydrogen-bond acceptors (Lipinski definition) is 5. The highest BCUT2D eigenvalue weighted by molar-refractivity contribution is 7.80. The van der Waals surface area contributed by atoms with Crippen LogP contribution in [0.5, 0.6) is 0 Å². The first-order chi connectivity index (χ1) is 9.54. The van der Waals surface area contributed by atoms with Crippen molar-refractivity contribution < 1.29 is 8.76 Å². The van der Waals surface area contributed by atoms with E-state index >= 15 is 0 Å². The van der Waals surface area contributed by atoms with E-state index in [2.05, 4.69) is 15.0 Å². The van der Waals surface area contributed by atoms with Crippen LogP contribution < -0.4 is 5.73 Å². The van der Waals surface area contributed by atoms with Crippen LogP contribution in [0, 0.1) is 6.92 Å². The highest BCUT2D eigenvalue weighted by Gasteiger charge is 2.53. The first-order valence-corrected chi connectivity index (χ1v) is 7.31. The molecule has 104 valence electrons. The van der Waals surface area contributed by atoms with Crippen LogP contribution in [0.1, 0.15) is 24.1 Å². The van der Waals surface area contributed by atoms with Crippen LogP contribution in [-0.4, -0.2) is 23.7 Å². The molecule has 1 unspecified atom stereocenters. The molecular formula is C13H14N4O2S. The number of aromatic nitrogens is 3. The predicted molar refractivity (Wildman–Crippen MR) is 76.1 cm³/mol. The van der Waals surface area contributed by atoms with E-state index in [1.807, 2.05) is 6.92 Å². The fraction of sp³-hybridized carbons (Fsp3) is 0.308. The second-order valence-electron chi connectivity index (χ2n) is 4.90. The summed E-state index contributed by atoms with van der Waals surface area (Å²) in [5.74, 6) is 0.840. The summed E-state index contributed by atoms with van der Waals surface area (Å²) in [4.78, 5) is 12.8. The van der Waals surface area contributed by atoms with Crippen LogP contribution in [-0.2, 0) is 15.8 Å². The van der Waals surface area contributed by atoms with Crippen molar-refractivity contribution >= 4 is 16.9 Å². The van der Waals surface area contributed by atoms with E-state index in [1.165, 1.54) is 0 Å². The lowest BCUT2D eigenvalue weighted by molar-refractivity contribution is 0.545. The van der Waals surface area contributed by atoms with Gasteiger partial charge in [-0.3, -0.25) is 4.98 Å². The average molecular weight is 290 g/mol. The SMILES string of the molecule is Cc1cnc(-c2cccnc2C2(S(=O)O)CC2)nc1N. The van der Waals surface area contributed by atoms with Crippen molar-refractivity contribution in [1.29, 1.82) is 0 Å². The van der Waals surface area contributed by atoms with E-state index in [0.29, 0.717) is 35.7 Å². The van der Waals surface area contributed by atoms with Crippen molar-refractivity contribution in [2.24, 2.45) is 0 Å². The molecule has 1 aliphatic carbocycles. The van der Waals surface area contributed by atoms with Gasteiger partial charge in [0.1, 0.15) is 10.6 Å².